The van der Waals surface area contributed by atoms with Gasteiger partial charge in [0.15, 0.2) is 4.77 Å². The largest absolute Gasteiger partial charge is 0.377 e. The average Bonchev–Trinajstić information content (AvgIpc) is 2.71. The van der Waals surface area contributed by atoms with Crippen molar-refractivity contribution in [2.75, 3.05) is 6.61 Å². The number of fused-ring (bicyclic) bond motifs is 1. The molecular formula is C11H15N3O2S. The lowest BCUT2D eigenvalue weighted by molar-refractivity contribution is 0.0729. The molecule has 5 nitrogen and oxygen atoms in total. The summed E-state index contributed by atoms with van der Waals surface area (Å²) in [4.78, 5) is 17.1. The van der Waals surface area contributed by atoms with E-state index in [1.165, 1.54) is 0 Å². The van der Waals surface area contributed by atoms with Crippen LogP contribution >= 0.6 is 12.2 Å². The Kier molecular flexibility index (Phi) is 3.44. The van der Waals surface area contributed by atoms with Crippen LogP contribution in [0.3, 0.4) is 0 Å². The van der Waals surface area contributed by atoms with Gasteiger partial charge in [-0.05, 0) is 32.1 Å². The first-order valence-electron chi connectivity index (χ1n) is 5.51. The van der Waals surface area contributed by atoms with Crippen molar-refractivity contribution in [3.63, 3.8) is 0 Å². The highest BCUT2D eigenvalue weighted by atomic mass is 32.1. The SMILES string of the molecule is CC(C)OCCn1c2cc[nH]c2c(=O)[nH][11c]1=S. The fourth-order valence-electron chi connectivity index (χ4n) is 1.71. The van der Waals surface area contributed by atoms with Crippen LogP contribution in [-0.4, -0.2) is 27.2 Å². The molecule has 17 heavy (non-hydrogen) atoms. The highest BCUT2D eigenvalue weighted by molar-refractivity contribution is 7.71. The Hall–Kier alpha value is -1.40. The van der Waals surface area contributed by atoms with Crippen LogP contribution < -0.4 is 5.56 Å². The van der Waals surface area contributed by atoms with E-state index >= 15 is 0 Å². The van der Waals surface area contributed by atoms with Crippen LogP contribution in [0.1, 0.15) is 13.8 Å². The van der Waals surface area contributed by atoms with Crippen LogP contribution in [0, 0.1) is 4.77 Å². The van der Waals surface area contributed by atoms with Crippen molar-refractivity contribution in [3.8, 4) is 0 Å². The van der Waals surface area contributed by atoms with Crippen molar-refractivity contribution in [3.05, 3.63) is 27.4 Å². The van der Waals surface area contributed by atoms with E-state index < -0.39 is 0 Å². The zero-order valence-corrected chi connectivity index (χ0v) is 10.6. The lowest BCUT2D eigenvalue weighted by Crippen LogP contribution is -2.17. The molecule has 0 aliphatic heterocycles. The van der Waals surface area contributed by atoms with Crippen LogP contribution in [0.5, 0.6) is 0 Å². The van der Waals surface area contributed by atoms with E-state index in [0.29, 0.717) is 23.4 Å². The van der Waals surface area contributed by atoms with Crippen LogP contribution in [0.4, 0.5) is 0 Å². The van der Waals surface area contributed by atoms with E-state index in [-0.39, 0.29) is 11.7 Å². The maximum Gasteiger partial charge on any atom is 0.276 e. The average molecular weight is 252 g/mol. The molecule has 0 aliphatic rings. The Bertz CT molecular complexity index is 623. The van der Waals surface area contributed by atoms with Gasteiger partial charge in [-0.25, -0.2) is 0 Å². The molecule has 2 rings (SSSR count). The minimum absolute atomic E-state index is 0.184. The fourth-order valence-corrected chi connectivity index (χ4v) is 1.99. The molecule has 0 fully saturated rings. The normalized spacial score (nSPS) is 11.5. The van der Waals surface area contributed by atoms with Crippen molar-refractivity contribution in [1.29, 1.82) is 0 Å². The van der Waals surface area contributed by atoms with Gasteiger partial charge in [0, 0.05) is 12.7 Å². The molecule has 0 saturated heterocycles. The number of ether oxygens (including phenoxy) is 1. The molecule has 2 aromatic heterocycles. The molecule has 0 saturated carbocycles. The molecule has 0 aliphatic carbocycles. The third-order valence-electron chi connectivity index (χ3n) is 2.47. The van der Waals surface area contributed by atoms with Gasteiger partial charge in [-0.3, -0.25) is 9.78 Å². The maximum atomic E-state index is 11.6. The summed E-state index contributed by atoms with van der Waals surface area (Å²) >= 11 is 5.15. The molecular weight excluding hydrogens is 237 g/mol. The Balaban J connectivity index is 2.36. The molecule has 0 radical (unpaired) electrons. The first kappa shape index (κ1) is 12.1. The van der Waals surface area contributed by atoms with Crippen LogP contribution in [-0.2, 0) is 11.3 Å². The highest BCUT2D eigenvalue weighted by Gasteiger charge is 2.06. The molecule has 2 heterocycles. The van der Waals surface area contributed by atoms with Gasteiger partial charge < -0.3 is 14.3 Å². The minimum atomic E-state index is -0.184. The van der Waals surface area contributed by atoms with Crippen LogP contribution in [0.15, 0.2) is 17.1 Å². The van der Waals surface area contributed by atoms with Gasteiger partial charge in [-0.1, -0.05) is 0 Å². The summed E-state index contributed by atoms with van der Waals surface area (Å²) in [6, 6.07) is 1.84. The summed E-state index contributed by atoms with van der Waals surface area (Å²) in [6.07, 6.45) is 1.92. The second kappa shape index (κ2) is 4.85. The van der Waals surface area contributed by atoms with Gasteiger partial charge in [0.1, 0.15) is 5.52 Å². The number of rotatable bonds is 4. The maximum absolute atomic E-state index is 11.6. The van der Waals surface area contributed by atoms with Crippen molar-refractivity contribution >= 4 is 23.3 Å². The molecule has 2 aromatic rings. The molecule has 2 N–H and O–H groups in total. The van der Waals surface area contributed by atoms with Gasteiger partial charge in [0.05, 0.1) is 18.2 Å². The summed E-state index contributed by atoms with van der Waals surface area (Å²) < 4.78 is 7.78. The molecule has 92 valence electrons. The van der Waals surface area contributed by atoms with Gasteiger partial charge in [0.25, 0.3) is 5.56 Å². The van der Waals surface area contributed by atoms with Crippen molar-refractivity contribution in [2.24, 2.45) is 0 Å². The number of H-pyrrole nitrogens is 2. The third kappa shape index (κ3) is 2.48. The number of hydrogen-bond donors (Lipinski definition) is 2. The van der Waals surface area contributed by atoms with E-state index in [4.69, 9.17) is 17.0 Å². The number of aromatic nitrogens is 3. The Labute approximate surface area is 103 Å². The summed E-state index contributed by atoms with van der Waals surface area (Å²) in [6.45, 7) is 5.16. The first-order chi connectivity index (χ1) is 8.09. The van der Waals surface area contributed by atoms with E-state index in [1.807, 2.05) is 24.5 Å². The van der Waals surface area contributed by atoms with E-state index in [2.05, 4.69) is 9.97 Å². The van der Waals surface area contributed by atoms with E-state index in [1.54, 1.807) is 6.20 Å². The molecule has 0 unspecified atom stereocenters. The number of hydrogen-bond acceptors (Lipinski definition) is 3. The van der Waals surface area contributed by atoms with E-state index in [0.717, 1.165) is 5.52 Å². The minimum Gasteiger partial charge on any atom is -0.377 e. The van der Waals surface area contributed by atoms with Gasteiger partial charge in [0.2, 0.25) is 0 Å². The zero-order valence-electron chi connectivity index (χ0n) is 9.82. The molecule has 0 spiro atoms. The predicted molar refractivity (Wildman–Crippen MR) is 68.8 cm³/mol. The number of nitrogens with zero attached hydrogens (tertiary/aromatic N) is 1. The fraction of sp³-hybridized carbons (Fsp3) is 0.455. The van der Waals surface area contributed by atoms with Crippen LogP contribution in [0.25, 0.3) is 11.0 Å². The lowest BCUT2D eigenvalue weighted by Gasteiger charge is -2.11. The van der Waals surface area contributed by atoms with Gasteiger partial charge in [-0.15, -0.1) is 0 Å². The quantitative estimate of drug-likeness (QED) is 0.816. The van der Waals surface area contributed by atoms with Gasteiger partial charge in [-0.2, -0.15) is 0 Å². The van der Waals surface area contributed by atoms with Gasteiger partial charge >= 0.3 is 0 Å². The Morgan fingerprint density at radius 2 is 2.29 bits per heavy atom. The predicted octanol–water partition coefficient (Wildman–Crippen LogP) is 1.81. The Morgan fingerprint density at radius 1 is 1.53 bits per heavy atom. The molecule has 0 bridgehead atoms. The van der Waals surface area contributed by atoms with E-state index in [9.17, 15) is 4.79 Å². The monoisotopic (exact) mass is 252 g/mol. The Morgan fingerprint density at radius 3 is 3.00 bits per heavy atom. The second-order valence-corrected chi connectivity index (χ2v) is 4.46. The molecule has 6 heteroatoms. The van der Waals surface area contributed by atoms with Crippen molar-refractivity contribution < 1.29 is 4.74 Å². The summed E-state index contributed by atoms with van der Waals surface area (Å²) in [7, 11) is 0. The lowest BCUT2D eigenvalue weighted by atomic mass is 10.3. The van der Waals surface area contributed by atoms with Crippen LogP contribution in [0.2, 0.25) is 0 Å². The van der Waals surface area contributed by atoms with Crippen molar-refractivity contribution in [2.45, 2.75) is 26.5 Å². The summed E-state index contributed by atoms with van der Waals surface area (Å²) in [5.74, 6) is 0. The molecule has 0 amide bonds. The molecule has 0 aromatic carbocycles. The third-order valence-corrected chi connectivity index (χ3v) is 2.80. The summed E-state index contributed by atoms with van der Waals surface area (Å²) in [5.41, 5.74) is 1.17. The number of aromatic amines is 2. The second-order valence-electron chi connectivity index (χ2n) is 4.07. The standard InChI is InChI=1S/C11H15N3O2S/c1-7(2)16-6-5-14-8-3-4-12-9(8)10(15)13-11(14)17/h3-4,7,12H,5-6H2,1-2H3,(H,13,15,17)/i11-1. The highest BCUT2D eigenvalue weighted by Crippen LogP contribution is 2.07. The molecule has 0 atom stereocenters. The smallest absolute Gasteiger partial charge is 0.276 e. The first-order valence-corrected chi connectivity index (χ1v) is 5.92. The summed E-state index contributed by atoms with van der Waals surface area (Å²) in [5, 5.41) is 0. The number of nitrogens with one attached hydrogen (secondary N) is 2. The van der Waals surface area contributed by atoms with Crippen molar-refractivity contribution in [1.82, 2.24) is 14.5 Å². The topological polar surface area (TPSA) is 62.8 Å². The zero-order chi connectivity index (χ0) is 12.4.